The summed E-state index contributed by atoms with van der Waals surface area (Å²) in [6.45, 7) is 14.0. The molecule has 0 saturated carbocycles. The van der Waals surface area contributed by atoms with Crippen molar-refractivity contribution in [3.8, 4) is 0 Å². The Bertz CT molecular complexity index is 364. The van der Waals surface area contributed by atoms with E-state index < -0.39 is 0 Å². The van der Waals surface area contributed by atoms with Gasteiger partial charge in [-0.05, 0) is 31.9 Å². The number of nitrogens with zero attached hydrogens (tertiary/aromatic N) is 1. The molecule has 1 unspecified atom stereocenters. The number of hydrogen-bond acceptors (Lipinski definition) is 2. The van der Waals surface area contributed by atoms with Crippen LogP contribution in [-0.4, -0.2) is 11.0 Å². The SMILES string of the molecule is CCC(C)NCc1ccc(C(C)(C)C)nc1C. The topological polar surface area (TPSA) is 24.9 Å². The Morgan fingerprint density at radius 2 is 1.94 bits per heavy atom. The Morgan fingerprint density at radius 1 is 1.29 bits per heavy atom. The van der Waals surface area contributed by atoms with E-state index in [1.165, 1.54) is 11.3 Å². The smallest absolute Gasteiger partial charge is 0.0460 e. The van der Waals surface area contributed by atoms with Crippen molar-refractivity contribution in [1.29, 1.82) is 0 Å². The molecule has 1 aromatic heterocycles. The second kappa shape index (κ2) is 5.63. The standard InChI is InChI=1S/C15H26N2/c1-7-11(2)16-10-13-8-9-14(15(4,5)6)17-12(13)3/h8-9,11,16H,7,10H2,1-6H3. The molecule has 0 radical (unpaired) electrons. The molecule has 96 valence electrons. The van der Waals surface area contributed by atoms with Crippen molar-refractivity contribution in [2.24, 2.45) is 0 Å². The maximum Gasteiger partial charge on any atom is 0.0460 e. The molecule has 1 rings (SSSR count). The summed E-state index contributed by atoms with van der Waals surface area (Å²) in [5, 5.41) is 3.51. The van der Waals surface area contributed by atoms with Gasteiger partial charge in [0.05, 0.1) is 0 Å². The van der Waals surface area contributed by atoms with Crippen molar-refractivity contribution in [3.05, 3.63) is 29.1 Å². The Labute approximate surface area is 106 Å². The Kier molecular flexibility index (Phi) is 4.70. The number of pyridine rings is 1. The Morgan fingerprint density at radius 3 is 2.41 bits per heavy atom. The molecule has 0 aliphatic heterocycles. The molecule has 0 spiro atoms. The molecule has 2 nitrogen and oxygen atoms in total. The van der Waals surface area contributed by atoms with Crippen molar-refractivity contribution in [2.45, 2.75) is 66.0 Å². The molecule has 1 N–H and O–H groups in total. The molecule has 1 aromatic rings. The molecule has 2 heteroatoms. The predicted octanol–water partition coefficient (Wildman–Crippen LogP) is 3.58. The molecule has 0 aliphatic carbocycles. The van der Waals surface area contributed by atoms with E-state index >= 15 is 0 Å². The van der Waals surface area contributed by atoms with E-state index in [0.717, 1.165) is 18.7 Å². The van der Waals surface area contributed by atoms with Crippen LogP contribution in [0.1, 0.15) is 58.0 Å². The van der Waals surface area contributed by atoms with E-state index in [4.69, 9.17) is 4.98 Å². The van der Waals surface area contributed by atoms with E-state index in [0.29, 0.717) is 6.04 Å². The first-order chi connectivity index (χ1) is 7.84. The second-order valence-electron chi connectivity index (χ2n) is 5.88. The van der Waals surface area contributed by atoms with Crippen LogP contribution < -0.4 is 5.32 Å². The summed E-state index contributed by atoms with van der Waals surface area (Å²) in [7, 11) is 0. The Hall–Kier alpha value is -0.890. The second-order valence-corrected chi connectivity index (χ2v) is 5.88. The average molecular weight is 234 g/mol. The van der Waals surface area contributed by atoms with Crippen LogP contribution in [0.15, 0.2) is 12.1 Å². The van der Waals surface area contributed by atoms with Gasteiger partial charge in [-0.15, -0.1) is 0 Å². The average Bonchev–Trinajstić information content (AvgIpc) is 2.25. The van der Waals surface area contributed by atoms with Crippen LogP contribution >= 0.6 is 0 Å². The lowest BCUT2D eigenvalue weighted by molar-refractivity contribution is 0.529. The van der Waals surface area contributed by atoms with Gasteiger partial charge in [-0.1, -0.05) is 33.8 Å². The summed E-state index contributed by atoms with van der Waals surface area (Å²) in [4.78, 5) is 4.71. The third-order valence-electron chi connectivity index (χ3n) is 3.22. The van der Waals surface area contributed by atoms with E-state index in [1.807, 2.05) is 0 Å². The lowest BCUT2D eigenvalue weighted by Crippen LogP contribution is -2.25. The molecular formula is C15H26N2. The van der Waals surface area contributed by atoms with Gasteiger partial charge < -0.3 is 5.32 Å². The van der Waals surface area contributed by atoms with E-state index in [9.17, 15) is 0 Å². The first-order valence-corrected chi connectivity index (χ1v) is 6.55. The summed E-state index contributed by atoms with van der Waals surface area (Å²) < 4.78 is 0. The fourth-order valence-corrected chi connectivity index (χ4v) is 1.62. The molecule has 0 aliphatic rings. The van der Waals surface area contributed by atoms with Gasteiger partial charge in [-0.2, -0.15) is 0 Å². The predicted molar refractivity (Wildman–Crippen MR) is 74.3 cm³/mol. The van der Waals surface area contributed by atoms with Crippen LogP contribution in [0.5, 0.6) is 0 Å². The van der Waals surface area contributed by atoms with Crippen molar-refractivity contribution < 1.29 is 0 Å². The zero-order valence-corrected chi connectivity index (χ0v) is 12.1. The van der Waals surface area contributed by atoms with Crippen molar-refractivity contribution in [2.75, 3.05) is 0 Å². The van der Waals surface area contributed by atoms with Gasteiger partial charge in [-0.25, -0.2) is 0 Å². The molecule has 1 heterocycles. The van der Waals surface area contributed by atoms with Gasteiger partial charge in [0.2, 0.25) is 0 Å². The van der Waals surface area contributed by atoms with Crippen LogP contribution in [-0.2, 0) is 12.0 Å². The van der Waals surface area contributed by atoms with Gasteiger partial charge in [0, 0.05) is 29.4 Å². The van der Waals surface area contributed by atoms with Crippen LogP contribution in [0, 0.1) is 6.92 Å². The van der Waals surface area contributed by atoms with Crippen molar-refractivity contribution >= 4 is 0 Å². The summed E-state index contributed by atoms with van der Waals surface area (Å²) in [5.74, 6) is 0. The molecule has 17 heavy (non-hydrogen) atoms. The van der Waals surface area contributed by atoms with Crippen LogP contribution in [0.3, 0.4) is 0 Å². The largest absolute Gasteiger partial charge is 0.310 e. The fraction of sp³-hybridized carbons (Fsp3) is 0.667. The zero-order valence-electron chi connectivity index (χ0n) is 12.1. The Balaban J connectivity index is 2.77. The summed E-state index contributed by atoms with van der Waals surface area (Å²) in [6, 6.07) is 4.93. The maximum atomic E-state index is 4.71. The molecular weight excluding hydrogens is 208 g/mol. The number of aryl methyl sites for hydroxylation is 1. The highest BCUT2D eigenvalue weighted by Gasteiger charge is 2.16. The van der Waals surface area contributed by atoms with E-state index in [1.54, 1.807) is 0 Å². The summed E-state index contributed by atoms with van der Waals surface area (Å²) >= 11 is 0. The van der Waals surface area contributed by atoms with Gasteiger partial charge in [0.15, 0.2) is 0 Å². The van der Waals surface area contributed by atoms with Gasteiger partial charge in [-0.3, -0.25) is 4.98 Å². The normalized spacial score (nSPS) is 13.8. The zero-order chi connectivity index (χ0) is 13.1. The lowest BCUT2D eigenvalue weighted by Gasteiger charge is -2.20. The minimum atomic E-state index is 0.132. The van der Waals surface area contributed by atoms with Crippen molar-refractivity contribution in [3.63, 3.8) is 0 Å². The highest BCUT2D eigenvalue weighted by molar-refractivity contribution is 5.25. The summed E-state index contributed by atoms with van der Waals surface area (Å²) in [5.41, 5.74) is 3.75. The molecule has 0 bridgehead atoms. The number of nitrogens with one attached hydrogen (secondary N) is 1. The van der Waals surface area contributed by atoms with Gasteiger partial charge in [0.25, 0.3) is 0 Å². The first-order valence-electron chi connectivity index (χ1n) is 6.55. The van der Waals surface area contributed by atoms with Gasteiger partial charge >= 0.3 is 0 Å². The molecule has 0 saturated heterocycles. The third kappa shape index (κ3) is 4.12. The number of rotatable bonds is 4. The number of hydrogen-bond donors (Lipinski definition) is 1. The molecule has 1 atom stereocenters. The van der Waals surface area contributed by atoms with Crippen LogP contribution in [0.4, 0.5) is 0 Å². The lowest BCUT2D eigenvalue weighted by atomic mass is 9.91. The minimum absolute atomic E-state index is 0.132. The molecule has 0 aromatic carbocycles. The van der Waals surface area contributed by atoms with E-state index in [-0.39, 0.29) is 5.41 Å². The fourth-order valence-electron chi connectivity index (χ4n) is 1.62. The monoisotopic (exact) mass is 234 g/mol. The highest BCUT2D eigenvalue weighted by atomic mass is 14.9. The third-order valence-corrected chi connectivity index (χ3v) is 3.22. The minimum Gasteiger partial charge on any atom is -0.310 e. The number of aromatic nitrogens is 1. The maximum absolute atomic E-state index is 4.71. The van der Waals surface area contributed by atoms with Crippen molar-refractivity contribution in [1.82, 2.24) is 10.3 Å². The van der Waals surface area contributed by atoms with Crippen LogP contribution in [0.25, 0.3) is 0 Å². The molecule has 0 amide bonds. The summed E-state index contributed by atoms with van der Waals surface area (Å²) in [6.07, 6.45) is 1.16. The van der Waals surface area contributed by atoms with E-state index in [2.05, 4.69) is 59.0 Å². The highest BCUT2D eigenvalue weighted by Crippen LogP contribution is 2.21. The van der Waals surface area contributed by atoms with Gasteiger partial charge in [0.1, 0.15) is 0 Å². The molecule has 0 fully saturated rings. The quantitative estimate of drug-likeness (QED) is 0.861. The van der Waals surface area contributed by atoms with Crippen LogP contribution in [0.2, 0.25) is 0 Å². The first kappa shape index (κ1) is 14.2.